The van der Waals surface area contributed by atoms with E-state index in [4.69, 9.17) is 4.74 Å². The van der Waals surface area contributed by atoms with Gasteiger partial charge in [0.05, 0.1) is 6.20 Å². The van der Waals surface area contributed by atoms with Crippen molar-refractivity contribution in [1.29, 1.82) is 0 Å². The number of hydrogen-bond donors (Lipinski definition) is 2. The molecule has 1 fully saturated rings. The van der Waals surface area contributed by atoms with Crippen molar-refractivity contribution in [2.75, 3.05) is 37.4 Å². The van der Waals surface area contributed by atoms with Crippen molar-refractivity contribution in [3.05, 3.63) is 12.0 Å². The van der Waals surface area contributed by atoms with Crippen LogP contribution in [0.15, 0.2) is 6.20 Å². The molecule has 0 aliphatic heterocycles. The summed E-state index contributed by atoms with van der Waals surface area (Å²) in [6.45, 7) is 2.21. The zero-order chi connectivity index (χ0) is 12.8. The molecule has 1 aliphatic rings. The zero-order valence-corrected chi connectivity index (χ0v) is 10.6. The van der Waals surface area contributed by atoms with E-state index in [1.807, 2.05) is 0 Å². The van der Waals surface area contributed by atoms with Gasteiger partial charge in [-0.25, -0.2) is 9.37 Å². The molecule has 0 unspecified atom stereocenters. The first-order valence-electron chi connectivity index (χ1n) is 6.31. The summed E-state index contributed by atoms with van der Waals surface area (Å²) in [6, 6.07) is 0. The van der Waals surface area contributed by atoms with Crippen LogP contribution < -0.4 is 10.6 Å². The molecule has 1 heterocycles. The molecule has 18 heavy (non-hydrogen) atoms. The summed E-state index contributed by atoms with van der Waals surface area (Å²) < 4.78 is 18.8. The number of nitrogens with zero attached hydrogens (tertiary/aromatic N) is 2. The SMILES string of the molecule is CNc1ncc(F)c(NCCCOCC2CC2)n1. The number of halogens is 1. The van der Waals surface area contributed by atoms with Gasteiger partial charge in [0.25, 0.3) is 0 Å². The molecule has 1 aromatic rings. The van der Waals surface area contributed by atoms with Gasteiger partial charge in [-0.15, -0.1) is 0 Å². The summed E-state index contributed by atoms with van der Waals surface area (Å²) >= 11 is 0. The second kappa shape index (κ2) is 6.49. The van der Waals surface area contributed by atoms with Crippen molar-refractivity contribution < 1.29 is 9.13 Å². The van der Waals surface area contributed by atoms with E-state index in [0.717, 1.165) is 25.1 Å². The molecule has 100 valence electrons. The molecule has 2 rings (SSSR count). The standard InChI is InChI=1S/C12H19FN4O/c1-14-12-16-7-10(13)11(17-12)15-5-2-6-18-8-9-3-4-9/h7,9H,2-6,8H2,1H3,(H2,14,15,16,17). The van der Waals surface area contributed by atoms with E-state index in [-0.39, 0.29) is 5.82 Å². The summed E-state index contributed by atoms with van der Waals surface area (Å²) in [5.41, 5.74) is 0. The van der Waals surface area contributed by atoms with Crippen LogP contribution in [-0.4, -0.2) is 36.8 Å². The summed E-state index contributed by atoms with van der Waals surface area (Å²) in [5.74, 6) is 0.990. The highest BCUT2D eigenvalue weighted by Gasteiger charge is 2.20. The van der Waals surface area contributed by atoms with Crippen LogP contribution >= 0.6 is 0 Å². The fraction of sp³-hybridized carbons (Fsp3) is 0.667. The topological polar surface area (TPSA) is 59.1 Å². The Hall–Kier alpha value is -1.43. The van der Waals surface area contributed by atoms with E-state index in [0.29, 0.717) is 19.1 Å². The maximum Gasteiger partial charge on any atom is 0.224 e. The van der Waals surface area contributed by atoms with Crippen LogP contribution in [0, 0.1) is 11.7 Å². The number of rotatable bonds is 8. The number of ether oxygens (including phenoxy) is 1. The molecule has 0 radical (unpaired) electrons. The lowest BCUT2D eigenvalue weighted by Crippen LogP contribution is -2.10. The first-order chi connectivity index (χ1) is 8.79. The Kier molecular flexibility index (Phi) is 4.69. The first-order valence-corrected chi connectivity index (χ1v) is 6.31. The van der Waals surface area contributed by atoms with Gasteiger partial charge in [-0.05, 0) is 25.2 Å². The van der Waals surface area contributed by atoms with Crippen LogP contribution in [0.25, 0.3) is 0 Å². The summed E-state index contributed by atoms with van der Waals surface area (Å²) in [4.78, 5) is 7.78. The van der Waals surface area contributed by atoms with Gasteiger partial charge >= 0.3 is 0 Å². The van der Waals surface area contributed by atoms with Crippen LogP contribution in [0.1, 0.15) is 19.3 Å². The second-order valence-electron chi connectivity index (χ2n) is 4.44. The predicted molar refractivity (Wildman–Crippen MR) is 68.2 cm³/mol. The highest BCUT2D eigenvalue weighted by molar-refractivity contribution is 5.40. The summed E-state index contributed by atoms with van der Waals surface area (Å²) in [5, 5.41) is 5.72. The Bertz CT molecular complexity index is 384. The lowest BCUT2D eigenvalue weighted by atomic mass is 10.4. The maximum absolute atomic E-state index is 13.3. The monoisotopic (exact) mass is 254 g/mol. The minimum atomic E-state index is -0.437. The first kappa shape index (κ1) is 13.0. The predicted octanol–water partition coefficient (Wildman–Crippen LogP) is 1.89. The van der Waals surface area contributed by atoms with E-state index in [1.165, 1.54) is 12.8 Å². The lowest BCUT2D eigenvalue weighted by Gasteiger charge is -2.08. The van der Waals surface area contributed by atoms with Gasteiger partial charge in [-0.2, -0.15) is 4.98 Å². The highest BCUT2D eigenvalue weighted by Crippen LogP contribution is 2.28. The molecule has 5 nitrogen and oxygen atoms in total. The molecule has 0 saturated heterocycles. The van der Waals surface area contributed by atoms with Crippen molar-refractivity contribution in [3.8, 4) is 0 Å². The van der Waals surface area contributed by atoms with E-state index in [1.54, 1.807) is 7.05 Å². The molecule has 2 N–H and O–H groups in total. The molecule has 0 spiro atoms. The van der Waals surface area contributed by atoms with Gasteiger partial charge in [-0.3, -0.25) is 0 Å². The number of hydrogen-bond acceptors (Lipinski definition) is 5. The fourth-order valence-corrected chi connectivity index (χ4v) is 1.53. The van der Waals surface area contributed by atoms with Gasteiger partial charge in [0.1, 0.15) is 0 Å². The van der Waals surface area contributed by atoms with Crippen molar-refractivity contribution >= 4 is 11.8 Å². The average Bonchev–Trinajstić information content (AvgIpc) is 3.19. The van der Waals surface area contributed by atoms with Crippen LogP contribution in [0.3, 0.4) is 0 Å². The third-order valence-corrected chi connectivity index (χ3v) is 2.78. The Morgan fingerprint density at radius 3 is 3.06 bits per heavy atom. The average molecular weight is 254 g/mol. The number of aromatic nitrogens is 2. The third kappa shape index (κ3) is 4.10. The van der Waals surface area contributed by atoms with Crippen LogP contribution in [0.4, 0.5) is 16.2 Å². The minimum absolute atomic E-state index is 0.233. The lowest BCUT2D eigenvalue weighted by molar-refractivity contribution is 0.124. The highest BCUT2D eigenvalue weighted by atomic mass is 19.1. The molecule has 1 aliphatic carbocycles. The van der Waals surface area contributed by atoms with E-state index < -0.39 is 5.82 Å². The van der Waals surface area contributed by atoms with Crippen molar-refractivity contribution in [2.24, 2.45) is 5.92 Å². The van der Waals surface area contributed by atoms with Gasteiger partial charge in [0.2, 0.25) is 5.95 Å². The second-order valence-corrected chi connectivity index (χ2v) is 4.44. The van der Waals surface area contributed by atoms with Gasteiger partial charge in [0, 0.05) is 26.8 Å². The Balaban J connectivity index is 1.65. The van der Waals surface area contributed by atoms with E-state index in [2.05, 4.69) is 20.6 Å². The van der Waals surface area contributed by atoms with Crippen molar-refractivity contribution in [1.82, 2.24) is 9.97 Å². The maximum atomic E-state index is 13.3. The number of nitrogens with one attached hydrogen (secondary N) is 2. The summed E-state index contributed by atoms with van der Waals surface area (Å²) in [6.07, 6.45) is 4.60. The smallest absolute Gasteiger partial charge is 0.224 e. The Morgan fingerprint density at radius 1 is 1.50 bits per heavy atom. The van der Waals surface area contributed by atoms with Crippen LogP contribution in [0.5, 0.6) is 0 Å². The van der Waals surface area contributed by atoms with Gasteiger partial charge in [0.15, 0.2) is 11.6 Å². The molecule has 0 atom stereocenters. The Labute approximate surface area is 106 Å². The minimum Gasteiger partial charge on any atom is -0.381 e. The van der Waals surface area contributed by atoms with Crippen molar-refractivity contribution in [3.63, 3.8) is 0 Å². The van der Waals surface area contributed by atoms with Crippen molar-refractivity contribution in [2.45, 2.75) is 19.3 Å². The largest absolute Gasteiger partial charge is 0.381 e. The molecule has 1 aromatic heterocycles. The molecule has 0 bridgehead atoms. The fourth-order valence-electron chi connectivity index (χ4n) is 1.53. The molecule has 0 amide bonds. The van der Waals surface area contributed by atoms with E-state index in [9.17, 15) is 4.39 Å². The van der Waals surface area contributed by atoms with Gasteiger partial charge in [-0.1, -0.05) is 0 Å². The third-order valence-electron chi connectivity index (χ3n) is 2.78. The van der Waals surface area contributed by atoms with Crippen LogP contribution in [0.2, 0.25) is 0 Å². The molecular weight excluding hydrogens is 235 g/mol. The molecule has 1 saturated carbocycles. The quantitative estimate of drug-likeness (QED) is 0.694. The summed E-state index contributed by atoms with van der Waals surface area (Å²) in [7, 11) is 1.70. The molecule has 6 heteroatoms. The van der Waals surface area contributed by atoms with Gasteiger partial charge < -0.3 is 15.4 Å². The molecule has 0 aromatic carbocycles. The van der Waals surface area contributed by atoms with Crippen LogP contribution in [-0.2, 0) is 4.74 Å². The molecular formula is C12H19FN4O. The zero-order valence-electron chi connectivity index (χ0n) is 10.6. The van der Waals surface area contributed by atoms with E-state index >= 15 is 0 Å². The normalized spacial score (nSPS) is 14.6. The number of anilines is 2. The Morgan fingerprint density at radius 2 is 2.33 bits per heavy atom.